The van der Waals surface area contributed by atoms with Gasteiger partial charge in [0.15, 0.2) is 0 Å². The van der Waals surface area contributed by atoms with Crippen molar-refractivity contribution in [2.75, 3.05) is 10.7 Å². The maximum Gasteiger partial charge on any atom is 0.398 e. The maximum atomic E-state index is 14.0. The summed E-state index contributed by atoms with van der Waals surface area (Å²) in [7, 11) is 0. The highest BCUT2D eigenvalue weighted by Crippen LogP contribution is 2.35. The van der Waals surface area contributed by atoms with Crippen molar-refractivity contribution in [2.24, 2.45) is 0 Å². The Hall–Kier alpha value is -1.28. The third-order valence-electron chi connectivity index (χ3n) is 3.08. The Bertz CT molecular complexity index is 562. The number of aliphatic hydroxyl groups excluding tert-OH is 1. The lowest BCUT2D eigenvalue weighted by molar-refractivity contribution is -0.117. The van der Waals surface area contributed by atoms with Gasteiger partial charge in [-0.25, -0.2) is 4.39 Å². The van der Waals surface area contributed by atoms with Gasteiger partial charge in [-0.2, -0.15) is 13.2 Å². The minimum Gasteiger partial charge on any atom is -0.373 e. The number of carbonyl (C=O) groups is 1. The van der Waals surface area contributed by atoms with Crippen LogP contribution in [0.3, 0.4) is 0 Å². The van der Waals surface area contributed by atoms with Gasteiger partial charge in [0.05, 0.1) is 11.4 Å². The molecule has 0 spiro atoms. The first-order chi connectivity index (χ1) is 9.69. The minimum absolute atomic E-state index is 0.0828. The second kappa shape index (κ2) is 5.84. The van der Waals surface area contributed by atoms with Gasteiger partial charge in [0, 0.05) is 17.7 Å². The highest BCUT2D eigenvalue weighted by Gasteiger charge is 2.33. The van der Waals surface area contributed by atoms with E-state index in [1.54, 1.807) is 0 Å². The Labute approximate surface area is 122 Å². The lowest BCUT2D eigenvalue weighted by atomic mass is 10.2. The zero-order chi connectivity index (χ0) is 15.8. The van der Waals surface area contributed by atoms with Gasteiger partial charge in [0.1, 0.15) is 12.0 Å². The predicted octanol–water partition coefficient (Wildman–Crippen LogP) is 3.23. The van der Waals surface area contributed by atoms with Crippen LogP contribution in [0, 0.1) is 12.7 Å². The molecule has 3 nitrogen and oxygen atoms in total. The van der Waals surface area contributed by atoms with Gasteiger partial charge in [-0.15, -0.1) is 11.8 Å². The zero-order valence-corrected chi connectivity index (χ0v) is 11.9. The summed E-state index contributed by atoms with van der Waals surface area (Å²) in [6.45, 7) is 1.49. The first-order valence-electron chi connectivity index (χ1n) is 6.19. The molecule has 1 saturated heterocycles. The number of benzene rings is 1. The molecular weight excluding hydrogens is 310 g/mol. The number of thioether (sulfide) groups is 1. The lowest BCUT2D eigenvalue weighted by Crippen LogP contribution is -2.33. The number of rotatable bonds is 3. The van der Waals surface area contributed by atoms with E-state index in [0.29, 0.717) is 17.3 Å². The topological polar surface area (TPSA) is 40.5 Å². The molecule has 1 amide bonds. The van der Waals surface area contributed by atoms with Gasteiger partial charge >= 0.3 is 6.18 Å². The summed E-state index contributed by atoms with van der Waals surface area (Å²) in [5.41, 5.74) is 0.173. The standard InChI is InChI=1S/C13H13F4NO2S/c1-7-4-8(14)9(18-11(19)2-3-12(18)20)5-10(7)21-6-13(15,16)17/h4-5,11,19H,2-3,6H2,1H3. The Morgan fingerprint density at radius 3 is 2.62 bits per heavy atom. The molecule has 1 fully saturated rings. The molecule has 21 heavy (non-hydrogen) atoms. The minimum atomic E-state index is -4.34. The number of hydrogen-bond acceptors (Lipinski definition) is 3. The largest absolute Gasteiger partial charge is 0.398 e. The van der Waals surface area contributed by atoms with Crippen LogP contribution in [-0.2, 0) is 4.79 Å². The normalized spacial score (nSPS) is 19.4. The maximum absolute atomic E-state index is 14.0. The van der Waals surface area contributed by atoms with Gasteiger partial charge in [-0.05, 0) is 24.6 Å². The Balaban J connectivity index is 2.32. The summed E-state index contributed by atoms with van der Waals surface area (Å²) < 4.78 is 50.8. The third-order valence-corrected chi connectivity index (χ3v) is 4.30. The Morgan fingerprint density at radius 2 is 2.10 bits per heavy atom. The smallest absolute Gasteiger partial charge is 0.373 e. The molecule has 0 aliphatic carbocycles. The zero-order valence-electron chi connectivity index (χ0n) is 11.1. The van der Waals surface area contributed by atoms with E-state index in [2.05, 4.69) is 0 Å². The summed E-state index contributed by atoms with van der Waals surface area (Å²) in [4.78, 5) is 12.8. The number of halogens is 4. The fourth-order valence-electron chi connectivity index (χ4n) is 2.11. The Kier molecular flexibility index (Phi) is 4.48. The van der Waals surface area contributed by atoms with E-state index in [1.165, 1.54) is 13.0 Å². The van der Waals surface area contributed by atoms with Crippen molar-refractivity contribution in [3.8, 4) is 0 Å². The third kappa shape index (κ3) is 3.68. The molecule has 1 N–H and O–H groups in total. The molecule has 0 bridgehead atoms. The van der Waals surface area contributed by atoms with Crippen molar-refractivity contribution in [3.63, 3.8) is 0 Å². The van der Waals surface area contributed by atoms with Crippen LogP contribution in [0.4, 0.5) is 23.2 Å². The Morgan fingerprint density at radius 1 is 1.43 bits per heavy atom. The molecule has 0 aromatic heterocycles. The first kappa shape index (κ1) is 16.1. The average Bonchev–Trinajstić information content (AvgIpc) is 2.68. The number of hydrogen-bond donors (Lipinski definition) is 1. The van der Waals surface area contributed by atoms with E-state index in [1.807, 2.05) is 0 Å². The van der Waals surface area contributed by atoms with Crippen LogP contribution in [0.25, 0.3) is 0 Å². The fourth-order valence-corrected chi connectivity index (χ4v) is 2.91. The van der Waals surface area contributed by atoms with Crippen LogP contribution in [0.15, 0.2) is 17.0 Å². The molecule has 8 heteroatoms. The van der Waals surface area contributed by atoms with E-state index < -0.39 is 29.9 Å². The van der Waals surface area contributed by atoms with Crippen LogP contribution < -0.4 is 4.90 Å². The molecule has 2 rings (SSSR count). The van der Waals surface area contributed by atoms with Crippen LogP contribution in [0.1, 0.15) is 18.4 Å². The molecular formula is C13H13F4NO2S. The average molecular weight is 323 g/mol. The molecule has 1 unspecified atom stereocenters. The van der Waals surface area contributed by atoms with Crippen molar-refractivity contribution in [3.05, 3.63) is 23.5 Å². The molecule has 0 radical (unpaired) electrons. The number of carbonyl (C=O) groups excluding carboxylic acids is 1. The number of aryl methyl sites for hydroxylation is 1. The first-order valence-corrected chi connectivity index (χ1v) is 7.17. The molecule has 1 aromatic carbocycles. The van der Waals surface area contributed by atoms with Crippen molar-refractivity contribution in [1.82, 2.24) is 0 Å². The SMILES string of the molecule is Cc1cc(F)c(N2C(=O)CCC2O)cc1SCC(F)(F)F. The van der Waals surface area contributed by atoms with Crippen molar-refractivity contribution in [1.29, 1.82) is 0 Å². The molecule has 1 aliphatic heterocycles. The molecule has 1 aliphatic rings. The van der Waals surface area contributed by atoms with E-state index in [9.17, 15) is 27.5 Å². The van der Waals surface area contributed by atoms with Crippen molar-refractivity contribution < 1.29 is 27.5 Å². The summed E-state index contributed by atoms with van der Waals surface area (Å²) in [5.74, 6) is -2.29. The van der Waals surface area contributed by atoms with E-state index >= 15 is 0 Å². The number of nitrogens with zero attached hydrogens (tertiary/aromatic N) is 1. The van der Waals surface area contributed by atoms with Crippen molar-refractivity contribution in [2.45, 2.75) is 37.1 Å². The molecule has 1 heterocycles. The molecule has 0 saturated carbocycles. The highest BCUT2D eigenvalue weighted by atomic mass is 32.2. The van der Waals surface area contributed by atoms with Crippen LogP contribution in [0.5, 0.6) is 0 Å². The van der Waals surface area contributed by atoms with Crippen molar-refractivity contribution >= 4 is 23.4 Å². The second-order valence-electron chi connectivity index (χ2n) is 4.76. The van der Waals surface area contributed by atoms with Crippen LogP contribution >= 0.6 is 11.8 Å². The van der Waals surface area contributed by atoms with E-state index in [4.69, 9.17) is 0 Å². The predicted molar refractivity (Wildman–Crippen MR) is 70.6 cm³/mol. The quantitative estimate of drug-likeness (QED) is 0.686. The second-order valence-corrected chi connectivity index (χ2v) is 5.77. The number of anilines is 1. The van der Waals surface area contributed by atoms with E-state index in [0.717, 1.165) is 11.0 Å². The van der Waals surface area contributed by atoms with Crippen LogP contribution in [-0.4, -0.2) is 29.2 Å². The van der Waals surface area contributed by atoms with Gasteiger partial charge in [-0.1, -0.05) is 0 Å². The van der Waals surface area contributed by atoms with Gasteiger partial charge < -0.3 is 5.11 Å². The van der Waals surface area contributed by atoms with Gasteiger partial charge in [0.2, 0.25) is 5.91 Å². The van der Waals surface area contributed by atoms with Gasteiger partial charge in [-0.3, -0.25) is 9.69 Å². The van der Waals surface area contributed by atoms with Gasteiger partial charge in [0.25, 0.3) is 0 Å². The van der Waals surface area contributed by atoms with Crippen LogP contribution in [0.2, 0.25) is 0 Å². The summed E-state index contributed by atoms with van der Waals surface area (Å²) >= 11 is 0.527. The monoisotopic (exact) mass is 323 g/mol. The summed E-state index contributed by atoms with van der Waals surface area (Å²) in [5, 5.41) is 9.71. The summed E-state index contributed by atoms with van der Waals surface area (Å²) in [6, 6.07) is 2.26. The number of amides is 1. The molecule has 1 aromatic rings. The highest BCUT2D eigenvalue weighted by molar-refractivity contribution is 7.99. The number of alkyl halides is 3. The molecule has 116 valence electrons. The van der Waals surface area contributed by atoms with E-state index in [-0.39, 0.29) is 23.4 Å². The fraction of sp³-hybridized carbons (Fsp3) is 0.462. The summed E-state index contributed by atoms with van der Waals surface area (Å²) in [6.07, 6.45) is -5.22. The lowest BCUT2D eigenvalue weighted by Gasteiger charge is -2.22. The number of aliphatic hydroxyl groups is 1. The molecule has 1 atom stereocenters.